The number of thiophene rings is 4. The van der Waals surface area contributed by atoms with Gasteiger partial charge in [-0.25, -0.2) is 40.4 Å². The van der Waals surface area contributed by atoms with E-state index in [4.69, 9.17) is 26.3 Å². The second-order valence-electron chi connectivity index (χ2n) is 15.9. The molecule has 318 valence electrons. The summed E-state index contributed by atoms with van der Waals surface area (Å²) in [5.41, 5.74) is 0.204. The summed E-state index contributed by atoms with van der Waals surface area (Å²) in [7, 11) is 0. The highest BCUT2D eigenvalue weighted by molar-refractivity contribution is 7.25. The van der Waals surface area contributed by atoms with Crippen LogP contribution in [0, 0.1) is 85.5 Å². The van der Waals surface area contributed by atoms with Crippen LogP contribution >= 0.6 is 45.3 Å². The molecule has 0 saturated heterocycles. The molecule has 4 heterocycles. The van der Waals surface area contributed by atoms with Gasteiger partial charge in [0, 0.05) is 44.4 Å². The highest BCUT2D eigenvalue weighted by Crippen LogP contribution is 2.62. The molecule has 0 amide bonds. The summed E-state index contributed by atoms with van der Waals surface area (Å²) in [6.07, 6.45) is 0. The summed E-state index contributed by atoms with van der Waals surface area (Å²) in [5, 5.41) is 38.6. The van der Waals surface area contributed by atoms with Crippen molar-refractivity contribution < 1.29 is 17.6 Å². The Balaban J connectivity index is 1.06. The van der Waals surface area contributed by atoms with Crippen LogP contribution in [0.4, 0.5) is 17.6 Å². The third-order valence-electron chi connectivity index (χ3n) is 12.2. The van der Waals surface area contributed by atoms with Crippen molar-refractivity contribution in [3.63, 3.8) is 0 Å². The molecule has 3 aliphatic carbocycles. The zero-order chi connectivity index (χ0) is 48.1. The minimum atomic E-state index is -3.88. The van der Waals surface area contributed by atoms with Gasteiger partial charge in [0.15, 0.2) is 0 Å². The first-order valence-electron chi connectivity index (χ1n) is 19.6. The Morgan fingerprint density at radius 3 is 1.13 bits per heavy atom. The van der Waals surface area contributed by atoms with Crippen LogP contribution in [0.5, 0.6) is 0 Å². The number of hydrogen-bond acceptors (Lipinski definition) is 8. The molecule has 67 heavy (non-hydrogen) atoms. The van der Waals surface area contributed by atoms with E-state index in [1.807, 2.05) is 36.4 Å². The number of nitriles is 4. The summed E-state index contributed by atoms with van der Waals surface area (Å²) in [5.74, 6) is -7.76. The number of allylic oxidation sites excluding steroid dienone is 8. The lowest BCUT2D eigenvalue weighted by molar-refractivity contribution is 0.137. The van der Waals surface area contributed by atoms with E-state index in [2.05, 4.69) is 57.5 Å². The first-order valence-corrected chi connectivity index (χ1v) is 22.9. The Labute approximate surface area is 397 Å². The standard InChI is InChI=1S/C51H22F4N8S4/c1-23-39-41(31(19-56)60-5)50(52,53)43(33(21-58)62-7)47(39)66-45(23)37-15-13-35(64-37)25-9-11-27-28-12-10-26(18-30(28)49(3,4)29(27)17-25)36-14-16-38(65-36)46-24(2)40-42(32(20-57)61-6)51(54,55)44(48(40)67-46)34(22-59)63-8/h9-18H,1-4H3/b41-31-,42-32+,43-33-,44-34+. The number of halogens is 4. The fraction of sp³-hybridized carbons (Fsp3) is 0.137. The molecule has 0 fully saturated rings. The molecule has 0 aliphatic heterocycles. The summed E-state index contributed by atoms with van der Waals surface area (Å²) in [6, 6.07) is 26.5. The largest absolute Gasteiger partial charge is 0.284 e. The quantitative estimate of drug-likeness (QED) is 0.0995. The maximum Gasteiger partial charge on any atom is 0.284 e. The van der Waals surface area contributed by atoms with E-state index in [1.165, 1.54) is 22.7 Å². The lowest BCUT2D eigenvalue weighted by Crippen LogP contribution is -2.16. The van der Waals surface area contributed by atoms with E-state index < -0.39 is 62.3 Å². The van der Waals surface area contributed by atoms with Crippen molar-refractivity contribution in [2.45, 2.75) is 45.0 Å². The van der Waals surface area contributed by atoms with Gasteiger partial charge < -0.3 is 0 Å². The van der Waals surface area contributed by atoms with Crippen LogP contribution in [-0.2, 0) is 5.41 Å². The number of benzene rings is 2. The number of fused-ring (bicyclic) bond motifs is 5. The van der Waals surface area contributed by atoms with Crippen molar-refractivity contribution in [3.8, 4) is 75.8 Å². The number of nitrogens with zero attached hydrogens (tertiary/aromatic N) is 8. The van der Waals surface area contributed by atoms with E-state index in [1.54, 1.807) is 38.1 Å². The molecular weight excluding hydrogens is 929 g/mol. The van der Waals surface area contributed by atoms with Crippen molar-refractivity contribution in [1.29, 1.82) is 21.0 Å². The molecule has 0 bridgehead atoms. The van der Waals surface area contributed by atoms with Crippen LogP contribution in [0.2, 0.25) is 0 Å². The van der Waals surface area contributed by atoms with Crippen LogP contribution in [-0.4, -0.2) is 11.8 Å². The molecule has 0 saturated carbocycles. The molecule has 6 aromatic rings. The van der Waals surface area contributed by atoms with Gasteiger partial charge in [0.25, 0.3) is 34.6 Å². The third-order valence-corrected chi connectivity index (χ3v) is 17.5. The topological polar surface area (TPSA) is 113 Å². The van der Waals surface area contributed by atoms with E-state index in [9.17, 15) is 21.0 Å². The fourth-order valence-electron chi connectivity index (χ4n) is 9.17. The van der Waals surface area contributed by atoms with Crippen LogP contribution in [0.1, 0.15) is 57.0 Å². The number of rotatable bonds is 4. The van der Waals surface area contributed by atoms with E-state index in [0.717, 1.165) is 75.6 Å². The molecule has 8 nitrogen and oxygen atoms in total. The van der Waals surface area contributed by atoms with Gasteiger partial charge in [-0.05, 0) is 106 Å². The first-order chi connectivity index (χ1) is 32.0. The van der Waals surface area contributed by atoms with Gasteiger partial charge in [-0.3, -0.25) is 0 Å². The van der Waals surface area contributed by atoms with Gasteiger partial charge in [0.2, 0.25) is 0 Å². The summed E-state index contributed by atoms with van der Waals surface area (Å²) in [4.78, 5) is 16.9. The molecule has 16 heteroatoms. The van der Waals surface area contributed by atoms with Crippen molar-refractivity contribution in [2.24, 2.45) is 0 Å². The molecule has 9 rings (SSSR count). The van der Waals surface area contributed by atoms with Crippen LogP contribution in [0.25, 0.3) is 93.2 Å². The number of alkyl halides is 4. The van der Waals surface area contributed by atoms with E-state index >= 15 is 17.6 Å². The molecule has 3 aliphatic rings. The van der Waals surface area contributed by atoms with Crippen molar-refractivity contribution in [2.75, 3.05) is 0 Å². The molecule has 0 N–H and O–H groups in total. The van der Waals surface area contributed by atoms with Crippen LogP contribution in [0.15, 0.2) is 83.5 Å². The predicted octanol–water partition coefficient (Wildman–Crippen LogP) is 15.4. The summed E-state index contributed by atoms with van der Waals surface area (Å²) < 4.78 is 63.8. The zero-order valence-corrected chi connectivity index (χ0v) is 38.3. The Kier molecular flexibility index (Phi) is 10.2. The second-order valence-corrected chi connectivity index (χ2v) is 20.1. The Morgan fingerprint density at radius 2 is 0.806 bits per heavy atom. The van der Waals surface area contributed by atoms with Gasteiger partial charge in [-0.2, -0.15) is 17.6 Å². The smallest absolute Gasteiger partial charge is 0.226 e. The fourth-order valence-corrected chi connectivity index (χ4v) is 14.3. The Bertz CT molecular complexity index is 3490. The van der Waals surface area contributed by atoms with Gasteiger partial charge >= 0.3 is 0 Å². The van der Waals surface area contributed by atoms with E-state index in [0.29, 0.717) is 20.9 Å². The second kappa shape index (κ2) is 15.5. The van der Waals surface area contributed by atoms with Crippen molar-refractivity contribution in [1.82, 2.24) is 0 Å². The number of hydrogen-bond donors (Lipinski definition) is 0. The Hall–Kier alpha value is -8.16. The molecule has 0 radical (unpaired) electrons. The van der Waals surface area contributed by atoms with E-state index in [-0.39, 0.29) is 20.9 Å². The van der Waals surface area contributed by atoms with Gasteiger partial charge in [0.1, 0.15) is 0 Å². The highest BCUT2D eigenvalue weighted by atomic mass is 32.1. The molecule has 0 atom stereocenters. The maximum absolute atomic E-state index is 15.9. The predicted molar refractivity (Wildman–Crippen MR) is 253 cm³/mol. The Morgan fingerprint density at radius 1 is 0.478 bits per heavy atom. The minimum absolute atomic E-state index is 0.00278. The van der Waals surface area contributed by atoms with Crippen molar-refractivity contribution >= 4 is 67.6 Å². The molecular formula is C51H22F4N8S4. The first kappa shape index (κ1) is 44.1. The lowest BCUT2D eigenvalue weighted by Gasteiger charge is -2.22. The van der Waals surface area contributed by atoms with Gasteiger partial charge in [-0.1, -0.05) is 38.1 Å². The van der Waals surface area contributed by atoms with Gasteiger partial charge in [-0.15, -0.1) is 45.3 Å². The van der Waals surface area contributed by atoms with Crippen LogP contribution < -0.4 is 0 Å². The molecule has 0 spiro atoms. The molecule has 2 aromatic carbocycles. The molecule has 4 aromatic heterocycles. The van der Waals surface area contributed by atoms with Gasteiger partial charge in [0.05, 0.1) is 72.9 Å². The highest BCUT2D eigenvalue weighted by Gasteiger charge is 2.54. The summed E-state index contributed by atoms with van der Waals surface area (Å²) in [6.45, 7) is 37.4. The lowest BCUT2D eigenvalue weighted by atomic mass is 9.81. The average molecular weight is 951 g/mol. The third kappa shape index (κ3) is 6.11. The monoisotopic (exact) mass is 950 g/mol. The average Bonchev–Trinajstić information content (AvgIpc) is 4.19. The molecule has 0 unspecified atom stereocenters. The van der Waals surface area contributed by atoms with Crippen LogP contribution in [0.3, 0.4) is 0 Å². The minimum Gasteiger partial charge on any atom is -0.226 e. The normalized spacial score (nSPS) is 18.2. The maximum atomic E-state index is 15.9. The summed E-state index contributed by atoms with van der Waals surface area (Å²) >= 11 is 4.90. The van der Waals surface area contributed by atoms with Crippen molar-refractivity contribution in [3.05, 3.63) is 172 Å². The SMILES string of the molecule is [C-]#[N+]/C(C#N)=C1/c2c(sc(-c3ccc(-c4ccc5c(c4)C(C)(C)c4cc(-c6ccc(-c7sc8c(c7C)/C(=C(/C#N)[N+]#[C-])C(F)(F)/C8=C(\C#N)[N+]#[C-])s6)ccc4-5)s3)c2C)/C(=C(\C#N)[N+]#[C-])C1(F)F. The zero-order valence-electron chi connectivity index (χ0n) is 35.0.